The van der Waals surface area contributed by atoms with Gasteiger partial charge >= 0.3 is 6.61 Å². The van der Waals surface area contributed by atoms with Crippen molar-refractivity contribution in [3.05, 3.63) is 39.8 Å². The summed E-state index contributed by atoms with van der Waals surface area (Å²) in [6.45, 7) is 4.63. The Kier molecular flexibility index (Phi) is 11.2. The first-order chi connectivity index (χ1) is 13.4. The molecule has 1 aromatic heterocycles. The molecule has 0 radical (unpaired) electrons. The number of aliphatic imine (C=N–C) groups is 1. The zero-order chi connectivity index (χ0) is 20.5. The highest BCUT2D eigenvalue weighted by molar-refractivity contribution is 14.0. The maximum atomic E-state index is 12.7. The van der Waals surface area contributed by atoms with E-state index in [0.29, 0.717) is 36.3 Å². The zero-order valence-electron chi connectivity index (χ0n) is 16.9. The lowest BCUT2D eigenvalue weighted by molar-refractivity contribution is -0.0505. The number of nitrogens with zero attached hydrogens (tertiary/aromatic N) is 2. The number of ether oxygens (including phenoxy) is 2. The van der Waals surface area contributed by atoms with Crippen molar-refractivity contribution in [3.8, 4) is 11.5 Å². The van der Waals surface area contributed by atoms with Gasteiger partial charge in [-0.3, -0.25) is 0 Å². The van der Waals surface area contributed by atoms with Gasteiger partial charge in [0.15, 0.2) is 5.96 Å². The van der Waals surface area contributed by atoms with Gasteiger partial charge in [0.25, 0.3) is 0 Å². The Balaban J connectivity index is 0.00000420. The van der Waals surface area contributed by atoms with Crippen molar-refractivity contribution in [2.75, 3.05) is 13.7 Å². The van der Waals surface area contributed by atoms with Gasteiger partial charge in [-0.25, -0.2) is 9.98 Å². The molecule has 2 aromatic rings. The van der Waals surface area contributed by atoms with Crippen LogP contribution in [0, 0.1) is 0 Å². The number of methoxy groups -OCH3 is 1. The van der Waals surface area contributed by atoms with E-state index in [4.69, 9.17) is 4.74 Å². The highest BCUT2D eigenvalue weighted by Crippen LogP contribution is 2.27. The van der Waals surface area contributed by atoms with Crippen molar-refractivity contribution in [2.45, 2.75) is 46.4 Å². The molecule has 1 aromatic carbocycles. The number of hydrogen-bond donors (Lipinski definition) is 2. The average molecular weight is 540 g/mol. The Morgan fingerprint density at radius 3 is 2.62 bits per heavy atom. The summed E-state index contributed by atoms with van der Waals surface area (Å²) < 4.78 is 35.1. The van der Waals surface area contributed by atoms with Gasteiger partial charge in [0.1, 0.15) is 16.5 Å². The maximum absolute atomic E-state index is 12.7. The van der Waals surface area contributed by atoms with E-state index in [-0.39, 0.29) is 36.3 Å². The fourth-order valence-electron chi connectivity index (χ4n) is 2.33. The molecule has 0 saturated heterocycles. The molecular formula is C19H27F2IN4O2S. The molecule has 2 rings (SSSR count). The lowest BCUT2D eigenvalue weighted by atomic mass is 10.2. The highest BCUT2D eigenvalue weighted by Gasteiger charge is 2.12. The minimum Gasteiger partial charge on any atom is -0.497 e. The molecule has 0 saturated carbocycles. The molecule has 162 valence electrons. The van der Waals surface area contributed by atoms with Gasteiger partial charge in [-0.05, 0) is 25.0 Å². The number of thiazole rings is 1. The predicted octanol–water partition coefficient (Wildman–Crippen LogP) is 4.75. The quantitative estimate of drug-likeness (QED) is 0.273. The summed E-state index contributed by atoms with van der Waals surface area (Å²) in [5.74, 6) is 1.45. The van der Waals surface area contributed by atoms with Crippen LogP contribution in [0.2, 0.25) is 0 Å². The van der Waals surface area contributed by atoms with Gasteiger partial charge in [-0.2, -0.15) is 8.78 Å². The van der Waals surface area contributed by atoms with Gasteiger partial charge < -0.3 is 20.1 Å². The molecule has 0 amide bonds. The van der Waals surface area contributed by atoms with Crippen molar-refractivity contribution in [1.29, 1.82) is 0 Å². The first-order valence-corrected chi connectivity index (χ1v) is 9.89. The third kappa shape index (κ3) is 8.29. The molecule has 2 N–H and O–H groups in total. The van der Waals surface area contributed by atoms with Gasteiger partial charge in [-0.15, -0.1) is 35.3 Å². The van der Waals surface area contributed by atoms with Crippen LogP contribution in [0.15, 0.2) is 28.6 Å². The van der Waals surface area contributed by atoms with Crippen LogP contribution < -0.4 is 20.1 Å². The lowest BCUT2D eigenvalue weighted by Gasteiger charge is -2.13. The largest absolute Gasteiger partial charge is 0.497 e. The van der Waals surface area contributed by atoms with Crippen LogP contribution in [-0.4, -0.2) is 31.2 Å². The zero-order valence-corrected chi connectivity index (χ0v) is 20.0. The molecular weight excluding hydrogens is 513 g/mol. The molecule has 0 spiro atoms. The van der Waals surface area contributed by atoms with E-state index < -0.39 is 6.61 Å². The van der Waals surface area contributed by atoms with Crippen LogP contribution in [-0.2, 0) is 13.1 Å². The summed E-state index contributed by atoms with van der Waals surface area (Å²) in [6.07, 6.45) is 0. The van der Waals surface area contributed by atoms with Crippen LogP contribution in [0.3, 0.4) is 0 Å². The molecule has 6 nitrogen and oxygen atoms in total. The Morgan fingerprint density at radius 2 is 2.03 bits per heavy atom. The Labute approximate surface area is 191 Å². The molecule has 0 fully saturated rings. The van der Waals surface area contributed by atoms with E-state index in [2.05, 4.69) is 44.6 Å². The molecule has 0 atom stereocenters. The normalized spacial score (nSPS) is 11.4. The van der Waals surface area contributed by atoms with E-state index in [1.165, 1.54) is 13.2 Å². The van der Waals surface area contributed by atoms with E-state index in [1.807, 2.05) is 6.92 Å². The minimum atomic E-state index is -2.92. The monoisotopic (exact) mass is 540 g/mol. The molecule has 29 heavy (non-hydrogen) atoms. The lowest BCUT2D eigenvalue weighted by Crippen LogP contribution is -2.36. The molecule has 0 bridgehead atoms. The number of nitrogens with one attached hydrogen (secondary N) is 2. The fraction of sp³-hybridized carbons (Fsp3) is 0.474. The van der Waals surface area contributed by atoms with Crippen molar-refractivity contribution < 1.29 is 18.3 Å². The van der Waals surface area contributed by atoms with E-state index in [1.54, 1.807) is 23.5 Å². The highest BCUT2D eigenvalue weighted by atomic mass is 127. The van der Waals surface area contributed by atoms with Gasteiger partial charge in [0.2, 0.25) is 0 Å². The fourth-order valence-corrected chi connectivity index (χ4v) is 3.23. The first-order valence-electron chi connectivity index (χ1n) is 9.01. The summed E-state index contributed by atoms with van der Waals surface area (Å²) in [6, 6.07) is 4.78. The minimum absolute atomic E-state index is 0. The van der Waals surface area contributed by atoms with E-state index in [0.717, 1.165) is 10.7 Å². The number of benzene rings is 1. The summed E-state index contributed by atoms with van der Waals surface area (Å²) in [5, 5.41) is 9.36. The molecule has 0 unspecified atom stereocenters. The van der Waals surface area contributed by atoms with Gasteiger partial charge in [-0.1, -0.05) is 13.8 Å². The standard InChI is InChI=1S/C19H26F2N4O2S.HI/c1-5-22-19(24-10-17-25-15(11-28-17)12(2)3)23-9-13-6-7-14(26-4)8-16(13)27-18(20)21;/h6-8,11-12,18H,5,9-10H2,1-4H3,(H2,22,23,24);1H. The second-order valence-electron chi connectivity index (χ2n) is 6.22. The summed E-state index contributed by atoms with van der Waals surface area (Å²) in [4.78, 5) is 9.05. The van der Waals surface area contributed by atoms with Crippen molar-refractivity contribution in [1.82, 2.24) is 15.6 Å². The number of guanidine groups is 1. The van der Waals surface area contributed by atoms with Crippen LogP contribution in [0.5, 0.6) is 11.5 Å². The number of halogens is 3. The third-order valence-electron chi connectivity index (χ3n) is 3.81. The number of aromatic nitrogens is 1. The van der Waals surface area contributed by atoms with Crippen molar-refractivity contribution >= 4 is 41.3 Å². The first kappa shape index (κ1) is 25.3. The van der Waals surface area contributed by atoms with Crippen LogP contribution >= 0.6 is 35.3 Å². The average Bonchev–Trinajstić information content (AvgIpc) is 3.13. The maximum Gasteiger partial charge on any atom is 0.387 e. The second kappa shape index (κ2) is 12.8. The summed E-state index contributed by atoms with van der Waals surface area (Å²) >= 11 is 1.59. The Morgan fingerprint density at radius 1 is 1.28 bits per heavy atom. The molecule has 10 heteroatoms. The summed E-state index contributed by atoms with van der Waals surface area (Å²) in [7, 11) is 1.47. The Hall–Kier alpha value is -1.69. The predicted molar refractivity (Wildman–Crippen MR) is 123 cm³/mol. The van der Waals surface area contributed by atoms with Crippen molar-refractivity contribution in [3.63, 3.8) is 0 Å². The van der Waals surface area contributed by atoms with E-state index in [9.17, 15) is 8.78 Å². The van der Waals surface area contributed by atoms with Crippen LogP contribution in [0.25, 0.3) is 0 Å². The third-order valence-corrected chi connectivity index (χ3v) is 4.68. The molecule has 0 aliphatic rings. The number of alkyl halides is 2. The van der Waals surface area contributed by atoms with Crippen LogP contribution in [0.1, 0.15) is 43.0 Å². The molecule has 0 aliphatic heterocycles. The smallest absolute Gasteiger partial charge is 0.387 e. The molecule has 1 heterocycles. The Bertz CT molecular complexity index is 787. The topological polar surface area (TPSA) is 67.8 Å². The number of rotatable bonds is 9. The van der Waals surface area contributed by atoms with Gasteiger partial charge in [0, 0.05) is 23.6 Å². The van der Waals surface area contributed by atoms with E-state index >= 15 is 0 Å². The second-order valence-corrected chi connectivity index (χ2v) is 7.16. The SMILES string of the molecule is CCNC(=NCc1ccc(OC)cc1OC(F)F)NCc1nc(C(C)C)cs1.I. The summed E-state index contributed by atoms with van der Waals surface area (Å²) in [5.41, 5.74) is 1.60. The van der Waals surface area contributed by atoms with Gasteiger partial charge in [0.05, 0.1) is 25.9 Å². The van der Waals surface area contributed by atoms with Crippen LogP contribution in [0.4, 0.5) is 8.78 Å². The number of hydrogen-bond acceptors (Lipinski definition) is 5. The van der Waals surface area contributed by atoms with Crippen molar-refractivity contribution in [2.24, 2.45) is 4.99 Å². The molecule has 0 aliphatic carbocycles.